The van der Waals surface area contributed by atoms with E-state index < -0.39 is 27.5 Å². The third kappa shape index (κ3) is 6.45. The van der Waals surface area contributed by atoms with Crippen LogP contribution in [0.5, 0.6) is 17.2 Å². The fourth-order valence-corrected chi connectivity index (χ4v) is 4.73. The van der Waals surface area contributed by atoms with Gasteiger partial charge in [-0.25, -0.2) is 9.11 Å². The number of carbonyl (C=O) groups excluding carboxylic acids is 1. The van der Waals surface area contributed by atoms with Gasteiger partial charge in [-0.3, -0.25) is 18.9 Å². The monoisotopic (exact) mass is 671 g/mol. The molecule has 0 bridgehead atoms. The minimum Gasteiger partial charge on any atom is -0.493 e. The molecule has 208 valence electrons. The summed E-state index contributed by atoms with van der Waals surface area (Å²) < 4.78 is 56.7. The number of nitrogens with zero attached hydrogens (tertiary/aromatic N) is 1. The van der Waals surface area contributed by atoms with Crippen LogP contribution in [-0.2, 0) is 17.3 Å². The van der Waals surface area contributed by atoms with E-state index in [9.17, 15) is 22.4 Å². The molecule has 4 rings (SSSR count). The zero-order chi connectivity index (χ0) is 28.5. The molecule has 1 fully saturated rings. The summed E-state index contributed by atoms with van der Waals surface area (Å²) in [6.07, 6.45) is 1.62. The Morgan fingerprint density at radius 2 is 1.87 bits per heavy atom. The first kappa shape index (κ1) is 28.6. The summed E-state index contributed by atoms with van der Waals surface area (Å²) in [5.41, 5.74) is -0.211. The van der Waals surface area contributed by atoms with Crippen molar-refractivity contribution in [3.05, 3.63) is 67.3 Å². The Bertz CT molecular complexity index is 1610. The maximum Gasteiger partial charge on any atom is 0.298 e. The van der Waals surface area contributed by atoms with E-state index in [1.54, 1.807) is 6.07 Å². The number of hydrogen-bond acceptors (Lipinski definition) is 7. The summed E-state index contributed by atoms with van der Waals surface area (Å²) >= 11 is 1.98. The molecule has 0 saturated heterocycles. The predicted octanol–water partition coefficient (Wildman–Crippen LogP) is 3.75. The largest absolute Gasteiger partial charge is 0.493 e. The van der Waals surface area contributed by atoms with Gasteiger partial charge in [0.25, 0.3) is 21.7 Å². The molecule has 1 aromatic heterocycles. The molecule has 0 unspecified atom stereocenters. The highest BCUT2D eigenvalue weighted by Gasteiger charge is 2.31. The van der Waals surface area contributed by atoms with E-state index in [0.717, 1.165) is 12.8 Å². The second kappa shape index (κ2) is 11.4. The Morgan fingerprint density at radius 3 is 2.49 bits per heavy atom. The number of halogens is 2. The number of pyridine rings is 1. The number of ether oxygens (including phenoxy) is 2. The molecular weight excluding hydrogens is 644 g/mol. The summed E-state index contributed by atoms with van der Waals surface area (Å²) in [5.74, 6) is -0.907. The van der Waals surface area contributed by atoms with Crippen molar-refractivity contribution in [2.24, 2.45) is 7.05 Å². The molecule has 0 atom stereocenters. The van der Waals surface area contributed by atoms with Gasteiger partial charge in [0.1, 0.15) is 17.2 Å². The van der Waals surface area contributed by atoms with Crippen molar-refractivity contribution in [3.63, 3.8) is 0 Å². The van der Waals surface area contributed by atoms with Gasteiger partial charge >= 0.3 is 0 Å². The Kier molecular flexibility index (Phi) is 8.37. The summed E-state index contributed by atoms with van der Waals surface area (Å²) in [6.45, 7) is 1.50. The zero-order valence-corrected chi connectivity index (χ0v) is 24.5. The third-order valence-corrected chi connectivity index (χ3v) is 7.70. The molecule has 3 aromatic rings. The van der Waals surface area contributed by atoms with E-state index in [0.29, 0.717) is 3.57 Å². The third-order valence-electron chi connectivity index (χ3n) is 5.99. The number of aromatic nitrogens is 1. The molecule has 1 heterocycles. The highest BCUT2D eigenvalue weighted by Crippen LogP contribution is 2.39. The molecule has 2 aromatic carbocycles. The first-order valence-corrected chi connectivity index (χ1v) is 14.3. The quantitative estimate of drug-likeness (QED) is 0.241. The Hall–Kier alpha value is -3.37. The van der Waals surface area contributed by atoms with E-state index in [4.69, 9.17) is 9.47 Å². The van der Waals surface area contributed by atoms with Crippen LogP contribution in [0.25, 0.3) is 0 Å². The lowest BCUT2D eigenvalue weighted by Gasteiger charge is -2.22. The van der Waals surface area contributed by atoms with Gasteiger partial charge in [-0.05, 0) is 72.7 Å². The first-order chi connectivity index (χ1) is 18.4. The molecule has 1 aliphatic carbocycles. The van der Waals surface area contributed by atoms with E-state index in [1.165, 1.54) is 63.0 Å². The van der Waals surface area contributed by atoms with Crippen LogP contribution in [0.3, 0.4) is 0 Å². The Labute approximate surface area is 238 Å². The molecule has 39 heavy (non-hydrogen) atoms. The number of nitrogens with one attached hydrogen (secondary N) is 4. The molecule has 14 heteroatoms. The van der Waals surface area contributed by atoms with Crippen LogP contribution >= 0.6 is 22.6 Å². The average Bonchev–Trinajstić information content (AvgIpc) is 3.70. The molecule has 11 nitrogen and oxygen atoms in total. The van der Waals surface area contributed by atoms with Crippen molar-refractivity contribution < 1.29 is 27.1 Å². The van der Waals surface area contributed by atoms with Crippen molar-refractivity contribution in [2.45, 2.75) is 25.8 Å². The SMILES string of the molecule is CNS(=O)(=O)Nc1ccc(OC)c(Oc2c(C(=O)NC3CC3)c(Nc3ccc(I)cc3F)n(C)c(=O)c2C)c1. The lowest BCUT2D eigenvalue weighted by atomic mass is 10.1. The van der Waals surface area contributed by atoms with Crippen LogP contribution in [0.4, 0.5) is 21.6 Å². The maximum atomic E-state index is 14.8. The van der Waals surface area contributed by atoms with Gasteiger partial charge in [0.15, 0.2) is 17.2 Å². The van der Waals surface area contributed by atoms with E-state index in [-0.39, 0.29) is 51.6 Å². The van der Waals surface area contributed by atoms with Crippen LogP contribution in [0.1, 0.15) is 28.8 Å². The van der Waals surface area contributed by atoms with Crippen LogP contribution in [0, 0.1) is 16.3 Å². The number of hydrogen-bond donors (Lipinski definition) is 4. The van der Waals surface area contributed by atoms with E-state index in [2.05, 4.69) is 20.1 Å². The highest BCUT2D eigenvalue weighted by molar-refractivity contribution is 14.1. The maximum absolute atomic E-state index is 14.8. The molecule has 1 aliphatic rings. The van der Waals surface area contributed by atoms with Gasteiger partial charge in [-0.15, -0.1) is 0 Å². The molecule has 4 N–H and O–H groups in total. The normalized spacial score (nSPS) is 13.1. The van der Waals surface area contributed by atoms with Gasteiger partial charge in [0.2, 0.25) is 0 Å². The van der Waals surface area contributed by atoms with E-state index >= 15 is 0 Å². The van der Waals surface area contributed by atoms with Gasteiger partial charge in [-0.1, -0.05) is 0 Å². The number of anilines is 3. The molecular formula is C25H27FIN5O6S. The summed E-state index contributed by atoms with van der Waals surface area (Å²) in [5, 5.41) is 5.79. The zero-order valence-electron chi connectivity index (χ0n) is 21.5. The van der Waals surface area contributed by atoms with Gasteiger partial charge in [0.05, 0.1) is 24.0 Å². The van der Waals surface area contributed by atoms with Crippen molar-refractivity contribution in [2.75, 3.05) is 24.2 Å². The highest BCUT2D eigenvalue weighted by atomic mass is 127. The summed E-state index contributed by atoms with van der Waals surface area (Å²) in [6, 6.07) is 8.78. The van der Waals surface area contributed by atoms with Crippen LogP contribution in [0.2, 0.25) is 0 Å². The molecule has 0 spiro atoms. The van der Waals surface area contributed by atoms with E-state index in [1.807, 2.05) is 22.6 Å². The summed E-state index contributed by atoms with van der Waals surface area (Å²) in [4.78, 5) is 26.8. The van der Waals surface area contributed by atoms with Gasteiger partial charge < -0.3 is 20.1 Å². The fraction of sp³-hybridized carbons (Fsp3) is 0.280. The van der Waals surface area contributed by atoms with Crippen molar-refractivity contribution in [3.8, 4) is 17.2 Å². The second-order valence-corrected chi connectivity index (χ2v) is 11.7. The number of amides is 1. The topological polar surface area (TPSA) is 140 Å². The standard InChI is InChI=1S/C25H27FIN5O6S/c1-13-22(38-20-12-16(8-10-19(20)37-4)31-39(35,36)28-2)21(24(33)29-15-6-7-15)23(32(3)25(13)34)30-18-9-5-14(27)11-17(18)26/h5,8-12,15,28,30-31H,6-7H2,1-4H3,(H,29,33). The first-order valence-electron chi connectivity index (χ1n) is 11.8. The Balaban J connectivity index is 1.89. The van der Waals surface area contributed by atoms with Crippen molar-refractivity contribution in [1.29, 1.82) is 0 Å². The number of rotatable bonds is 10. The van der Waals surface area contributed by atoms with Gasteiger partial charge in [-0.2, -0.15) is 8.42 Å². The molecule has 1 amide bonds. The van der Waals surface area contributed by atoms with Crippen molar-refractivity contribution >= 4 is 55.9 Å². The number of benzene rings is 2. The minimum absolute atomic E-state index is 0.0184. The number of methoxy groups -OCH3 is 1. The summed E-state index contributed by atoms with van der Waals surface area (Å²) in [7, 11) is 0.272. The Morgan fingerprint density at radius 1 is 1.15 bits per heavy atom. The smallest absolute Gasteiger partial charge is 0.298 e. The predicted molar refractivity (Wildman–Crippen MR) is 154 cm³/mol. The fourth-order valence-electron chi connectivity index (χ4n) is 3.74. The van der Waals surface area contributed by atoms with Crippen molar-refractivity contribution in [1.82, 2.24) is 14.6 Å². The second-order valence-electron chi connectivity index (χ2n) is 8.82. The lowest BCUT2D eigenvalue weighted by molar-refractivity contribution is 0.0948. The lowest BCUT2D eigenvalue weighted by Crippen LogP contribution is -2.31. The number of carbonyl (C=O) groups is 1. The van der Waals surface area contributed by atoms with Crippen LogP contribution in [0.15, 0.2) is 41.2 Å². The molecule has 0 aliphatic heterocycles. The van der Waals surface area contributed by atoms with Gasteiger partial charge in [0, 0.05) is 29.8 Å². The molecule has 1 saturated carbocycles. The minimum atomic E-state index is -3.84. The average molecular weight is 671 g/mol. The molecule has 0 radical (unpaired) electrons. The van der Waals surface area contributed by atoms with Crippen LogP contribution in [-0.4, -0.2) is 39.1 Å². The van der Waals surface area contributed by atoms with Crippen LogP contribution < -0.4 is 35.1 Å².